The van der Waals surface area contributed by atoms with Crippen molar-refractivity contribution >= 4 is 0 Å². The van der Waals surface area contributed by atoms with Gasteiger partial charge in [0.2, 0.25) is 5.75 Å². The first-order valence-corrected chi connectivity index (χ1v) is 8.49. The highest BCUT2D eigenvalue weighted by Crippen LogP contribution is 2.41. The highest BCUT2D eigenvalue weighted by Gasteiger charge is 2.20. The molecule has 0 aliphatic carbocycles. The van der Waals surface area contributed by atoms with Crippen molar-refractivity contribution in [2.75, 3.05) is 19.8 Å². The summed E-state index contributed by atoms with van der Waals surface area (Å²) in [4.78, 5) is 0. The molecule has 0 fully saturated rings. The van der Waals surface area contributed by atoms with Crippen molar-refractivity contribution in [2.24, 2.45) is 0 Å². The number of aryl methyl sites for hydroxylation is 1. The lowest BCUT2D eigenvalue weighted by Crippen LogP contribution is -2.25. The Morgan fingerprint density at radius 1 is 0.826 bits per heavy atom. The molecule has 2 N–H and O–H groups in total. The van der Waals surface area contributed by atoms with Crippen LogP contribution in [-0.4, -0.2) is 42.2 Å². The fraction of sp³-hybridized carbons (Fsp3) is 0.667. The molecule has 5 heteroatoms. The smallest absolute Gasteiger partial charge is 0.203 e. The average Bonchev–Trinajstić information content (AvgIpc) is 2.56. The van der Waals surface area contributed by atoms with Gasteiger partial charge in [0.25, 0.3) is 0 Å². The topological polar surface area (TPSA) is 68.2 Å². The van der Waals surface area contributed by atoms with E-state index < -0.39 is 12.2 Å². The number of aliphatic hydroxyl groups excluding tert-OH is 2. The molecule has 2 unspecified atom stereocenters. The molecule has 132 valence electrons. The van der Waals surface area contributed by atoms with E-state index >= 15 is 0 Å². The molecule has 2 atom stereocenters. The van der Waals surface area contributed by atoms with E-state index in [0.29, 0.717) is 56.3 Å². The first kappa shape index (κ1) is 19.6. The maximum absolute atomic E-state index is 9.96. The van der Waals surface area contributed by atoms with Crippen molar-refractivity contribution in [3.8, 4) is 17.2 Å². The van der Waals surface area contributed by atoms with Crippen LogP contribution in [0.2, 0.25) is 0 Å². The molecule has 1 aromatic carbocycles. The minimum Gasteiger partial charge on any atom is -0.490 e. The van der Waals surface area contributed by atoms with Crippen molar-refractivity contribution in [2.45, 2.75) is 59.2 Å². The lowest BCUT2D eigenvalue weighted by molar-refractivity contribution is 0.0129. The first-order valence-electron chi connectivity index (χ1n) is 8.49. The lowest BCUT2D eigenvalue weighted by Gasteiger charge is -2.20. The van der Waals surface area contributed by atoms with Crippen LogP contribution in [0.3, 0.4) is 0 Å². The van der Waals surface area contributed by atoms with Crippen LogP contribution in [0.5, 0.6) is 17.2 Å². The monoisotopic (exact) mass is 326 g/mol. The molecule has 0 heterocycles. The van der Waals surface area contributed by atoms with Crippen LogP contribution in [0.15, 0.2) is 12.1 Å². The second-order valence-electron chi connectivity index (χ2n) is 5.26. The van der Waals surface area contributed by atoms with Gasteiger partial charge in [0.15, 0.2) is 11.5 Å². The minimum absolute atomic E-state index is 0.467. The molecule has 1 rings (SSSR count). The molecule has 0 aliphatic rings. The van der Waals surface area contributed by atoms with E-state index in [9.17, 15) is 10.2 Å². The summed E-state index contributed by atoms with van der Waals surface area (Å²) in [5.74, 6) is 1.94. The summed E-state index contributed by atoms with van der Waals surface area (Å²) in [6, 6.07) is 3.80. The third-order valence-corrected chi connectivity index (χ3v) is 3.61. The summed E-state index contributed by atoms with van der Waals surface area (Å²) in [6.07, 6.45) is 0.165. The molecule has 0 aliphatic heterocycles. The van der Waals surface area contributed by atoms with E-state index in [0.717, 1.165) is 5.56 Å². The SMILES string of the molecule is CCOc1ccc(CCC(O)C(O)CC)c(OCC)c1OCC. The molecule has 0 amide bonds. The highest BCUT2D eigenvalue weighted by atomic mass is 16.5. The molecule has 0 bridgehead atoms. The van der Waals surface area contributed by atoms with Crippen molar-refractivity contribution in [3.63, 3.8) is 0 Å². The van der Waals surface area contributed by atoms with Gasteiger partial charge in [-0.1, -0.05) is 13.0 Å². The molecular weight excluding hydrogens is 296 g/mol. The van der Waals surface area contributed by atoms with Crippen LogP contribution < -0.4 is 14.2 Å². The van der Waals surface area contributed by atoms with E-state index in [1.807, 2.05) is 39.8 Å². The maximum atomic E-state index is 9.96. The Balaban J connectivity index is 3.03. The molecule has 0 spiro atoms. The quantitative estimate of drug-likeness (QED) is 0.654. The summed E-state index contributed by atoms with van der Waals surface area (Å²) >= 11 is 0. The Morgan fingerprint density at radius 2 is 1.43 bits per heavy atom. The van der Waals surface area contributed by atoms with Gasteiger partial charge >= 0.3 is 0 Å². The second kappa shape index (κ2) is 10.3. The highest BCUT2D eigenvalue weighted by molar-refractivity contribution is 5.56. The van der Waals surface area contributed by atoms with Crippen LogP contribution >= 0.6 is 0 Å². The number of hydrogen-bond acceptors (Lipinski definition) is 5. The Kier molecular flexibility index (Phi) is 8.81. The van der Waals surface area contributed by atoms with Gasteiger partial charge in [0.1, 0.15) is 0 Å². The van der Waals surface area contributed by atoms with Gasteiger partial charge < -0.3 is 24.4 Å². The Hall–Kier alpha value is -1.46. The lowest BCUT2D eigenvalue weighted by atomic mass is 10.0. The fourth-order valence-electron chi connectivity index (χ4n) is 2.40. The molecule has 0 saturated heterocycles. The van der Waals surface area contributed by atoms with Gasteiger partial charge in [-0.3, -0.25) is 0 Å². The molecule has 0 radical (unpaired) electrons. The summed E-state index contributed by atoms with van der Waals surface area (Å²) in [5, 5.41) is 19.7. The van der Waals surface area contributed by atoms with Crippen molar-refractivity contribution in [1.29, 1.82) is 0 Å². The largest absolute Gasteiger partial charge is 0.490 e. The van der Waals surface area contributed by atoms with Crippen molar-refractivity contribution in [3.05, 3.63) is 17.7 Å². The van der Waals surface area contributed by atoms with E-state index in [1.54, 1.807) is 0 Å². The van der Waals surface area contributed by atoms with E-state index in [-0.39, 0.29) is 0 Å². The summed E-state index contributed by atoms with van der Waals surface area (Å²) in [6.45, 7) is 9.19. The van der Waals surface area contributed by atoms with Gasteiger partial charge in [0.05, 0.1) is 32.0 Å². The molecule has 0 saturated carbocycles. The normalized spacial score (nSPS) is 13.5. The minimum atomic E-state index is -0.739. The van der Waals surface area contributed by atoms with Gasteiger partial charge in [0, 0.05) is 0 Å². The zero-order valence-corrected chi connectivity index (χ0v) is 14.7. The first-order chi connectivity index (χ1) is 11.1. The third kappa shape index (κ3) is 5.59. The second-order valence-corrected chi connectivity index (χ2v) is 5.26. The maximum Gasteiger partial charge on any atom is 0.203 e. The fourth-order valence-corrected chi connectivity index (χ4v) is 2.40. The predicted octanol–water partition coefficient (Wildman–Crippen LogP) is 2.95. The molecule has 5 nitrogen and oxygen atoms in total. The Labute approximate surface area is 139 Å². The molecule has 0 aromatic heterocycles. The van der Waals surface area contributed by atoms with Crippen LogP contribution in [0.1, 0.15) is 46.1 Å². The zero-order valence-electron chi connectivity index (χ0n) is 14.7. The number of ether oxygens (including phenoxy) is 3. The average molecular weight is 326 g/mol. The third-order valence-electron chi connectivity index (χ3n) is 3.61. The van der Waals surface area contributed by atoms with Gasteiger partial charge in [-0.15, -0.1) is 0 Å². The number of aliphatic hydroxyl groups is 2. The summed E-state index contributed by atoms with van der Waals surface area (Å²) in [5.41, 5.74) is 0.945. The van der Waals surface area contributed by atoms with Crippen LogP contribution in [0.25, 0.3) is 0 Å². The zero-order chi connectivity index (χ0) is 17.2. The van der Waals surface area contributed by atoms with Crippen LogP contribution in [-0.2, 0) is 6.42 Å². The number of rotatable bonds is 11. The molecular formula is C18H30O5. The number of hydrogen-bond donors (Lipinski definition) is 2. The summed E-state index contributed by atoms with van der Waals surface area (Å²) in [7, 11) is 0. The van der Waals surface area contributed by atoms with Gasteiger partial charge in [-0.05, 0) is 51.7 Å². The number of benzene rings is 1. The van der Waals surface area contributed by atoms with Crippen LogP contribution in [0, 0.1) is 0 Å². The summed E-state index contributed by atoms with van der Waals surface area (Å²) < 4.78 is 17.1. The van der Waals surface area contributed by atoms with Gasteiger partial charge in [-0.2, -0.15) is 0 Å². The van der Waals surface area contributed by atoms with E-state index in [4.69, 9.17) is 14.2 Å². The van der Waals surface area contributed by atoms with Crippen molar-refractivity contribution < 1.29 is 24.4 Å². The standard InChI is InChI=1S/C18H30O5/c1-5-14(19)15(20)11-9-13-10-12-16(21-6-2)18(23-8-4)17(13)22-7-3/h10,12,14-15,19-20H,5-9,11H2,1-4H3. The van der Waals surface area contributed by atoms with E-state index in [2.05, 4.69) is 0 Å². The Bertz CT molecular complexity index is 461. The van der Waals surface area contributed by atoms with E-state index in [1.165, 1.54) is 0 Å². The molecule has 23 heavy (non-hydrogen) atoms. The van der Waals surface area contributed by atoms with Crippen LogP contribution in [0.4, 0.5) is 0 Å². The predicted molar refractivity (Wildman–Crippen MR) is 90.6 cm³/mol. The molecule has 1 aromatic rings. The van der Waals surface area contributed by atoms with Crippen molar-refractivity contribution in [1.82, 2.24) is 0 Å². The van der Waals surface area contributed by atoms with Gasteiger partial charge in [-0.25, -0.2) is 0 Å². The Morgan fingerprint density at radius 3 is 2.00 bits per heavy atom.